The monoisotopic (exact) mass is 180 g/mol. The van der Waals surface area contributed by atoms with Gasteiger partial charge in [0.05, 0.1) is 6.54 Å². The second-order valence-corrected chi connectivity index (χ2v) is 3.83. The number of nitrogens with one attached hydrogen (secondary N) is 1. The molecule has 1 fully saturated rings. The number of rotatable bonds is 3. The topological polar surface area (TPSA) is 38.0 Å². The van der Waals surface area contributed by atoms with E-state index in [9.17, 15) is 0 Å². The molecule has 1 aliphatic rings. The van der Waals surface area contributed by atoms with Crippen LogP contribution in [0.4, 0.5) is 0 Å². The van der Waals surface area contributed by atoms with E-state index in [4.69, 9.17) is 5.73 Å². The Bertz CT molecular complexity index is 194. The van der Waals surface area contributed by atoms with Crippen molar-refractivity contribution in [2.75, 3.05) is 13.1 Å². The zero-order chi connectivity index (χ0) is 9.57. The lowest BCUT2D eigenvalue weighted by atomic mass is 9.82. The Kier molecular flexibility index (Phi) is 4.27. The Morgan fingerprint density at radius 1 is 1.31 bits per heavy atom. The van der Waals surface area contributed by atoms with Crippen molar-refractivity contribution >= 4 is 0 Å². The van der Waals surface area contributed by atoms with Crippen LogP contribution >= 0.6 is 0 Å². The molecule has 0 aliphatic heterocycles. The highest BCUT2D eigenvalue weighted by Gasteiger charge is 2.29. The maximum absolute atomic E-state index is 5.81. The highest BCUT2D eigenvalue weighted by Crippen LogP contribution is 2.26. The van der Waals surface area contributed by atoms with Gasteiger partial charge in [0.25, 0.3) is 0 Å². The predicted molar refractivity (Wildman–Crippen MR) is 56.3 cm³/mol. The molecule has 0 heterocycles. The minimum atomic E-state index is 0.197. The minimum Gasteiger partial charge on any atom is -0.329 e. The highest BCUT2D eigenvalue weighted by molar-refractivity contribution is 5.01. The summed E-state index contributed by atoms with van der Waals surface area (Å²) in [7, 11) is 0. The maximum atomic E-state index is 5.81. The molecule has 0 bridgehead atoms. The van der Waals surface area contributed by atoms with Crippen LogP contribution in [0.3, 0.4) is 0 Å². The summed E-state index contributed by atoms with van der Waals surface area (Å²) < 4.78 is 0. The van der Waals surface area contributed by atoms with E-state index in [1.807, 2.05) is 6.92 Å². The summed E-state index contributed by atoms with van der Waals surface area (Å²) in [5.41, 5.74) is 6.01. The van der Waals surface area contributed by atoms with Crippen LogP contribution in [0.25, 0.3) is 0 Å². The molecular weight excluding hydrogens is 160 g/mol. The Morgan fingerprint density at radius 2 is 2.00 bits per heavy atom. The van der Waals surface area contributed by atoms with Crippen LogP contribution in [-0.4, -0.2) is 18.6 Å². The Balaban J connectivity index is 2.41. The van der Waals surface area contributed by atoms with Gasteiger partial charge < -0.3 is 5.73 Å². The molecule has 74 valence electrons. The van der Waals surface area contributed by atoms with Crippen LogP contribution in [-0.2, 0) is 0 Å². The van der Waals surface area contributed by atoms with Gasteiger partial charge in [-0.3, -0.25) is 5.32 Å². The normalized spacial score (nSPS) is 20.5. The summed E-state index contributed by atoms with van der Waals surface area (Å²) in [4.78, 5) is 0. The first-order chi connectivity index (χ1) is 6.33. The van der Waals surface area contributed by atoms with Crippen molar-refractivity contribution in [1.82, 2.24) is 5.32 Å². The maximum Gasteiger partial charge on any atom is 0.0581 e. The molecule has 0 aromatic carbocycles. The quantitative estimate of drug-likeness (QED) is 0.642. The van der Waals surface area contributed by atoms with Crippen LogP contribution in [0.2, 0.25) is 0 Å². The Labute approximate surface area is 81.3 Å². The minimum absolute atomic E-state index is 0.197. The fourth-order valence-corrected chi connectivity index (χ4v) is 2.00. The summed E-state index contributed by atoms with van der Waals surface area (Å²) >= 11 is 0. The molecule has 1 saturated carbocycles. The number of hydrogen-bond donors (Lipinski definition) is 2. The SMILES string of the molecule is CC#CCNC1(CN)CCCCC1. The van der Waals surface area contributed by atoms with E-state index in [1.165, 1.54) is 32.1 Å². The summed E-state index contributed by atoms with van der Waals surface area (Å²) in [6.45, 7) is 3.41. The first-order valence-electron chi connectivity index (χ1n) is 5.18. The van der Waals surface area contributed by atoms with E-state index in [0.717, 1.165) is 13.1 Å². The third kappa shape index (κ3) is 3.02. The molecule has 0 spiro atoms. The summed E-state index contributed by atoms with van der Waals surface area (Å²) in [5.74, 6) is 5.93. The third-order valence-corrected chi connectivity index (χ3v) is 2.93. The van der Waals surface area contributed by atoms with Crippen molar-refractivity contribution in [1.29, 1.82) is 0 Å². The van der Waals surface area contributed by atoms with Gasteiger partial charge in [-0.25, -0.2) is 0 Å². The molecular formula is C11H20N2. The van der Waals surface area contributed by atoms with Gasteiger partial charge in [-0.15, -0.1) is 5.92 Å². The highest BCUT2D eigenvalue weighted by atomic mass is 15.0. The lowest BCUT2D eigenvalue weighted by Gasteiger charge is -2.36. The van der Waals surface area contributed by atoms with Crippen molar-refractivity contribution < 1.29 is 0 Å². The van der Waals surface area contributed by atoms with Gasteiger partial charge in [0.15, 0.2) is 0 Å². The standard InChI is InChI=1S/C11H20N2/c1-2-3-9-13-11(10-12)7-5-4-6-8-11/h13H,4-10,12H2,1H3. The van der Waals surface area contributed by atoms with E-state index in [2.05, 4.69) is 17.2 Å². The second kappa shape index (κ2) is 5.26. The van der Waals surface area contributed by atoms with E-state index in [0.29, 0.717) is 0 Å². The largest absolute Gasteiger partial charge is 0.329 e. The van der Waals surface area contributed by atoms with E-state index in [1.54, 1.807) is 0 Å². The van der Waals surface area contributed by atoms with Gasteiger partial charge in [0, 0.05) is 12.1 Å². The van der Waals surface area contributed by atoms with Crippen LogP contribution in [0.15, 0.2) is 0 Å². The lowest BCUT2D eigenvalue weighted by Crippen LogP contribution is -2.52. The molecule has 3 N–H and O–H groups in total. The van der Waals surface area contributed by atoms with Gasteiger partial charge in [0.2, 0.25) is 0 Å². The van der Waals surface area contributed by atoms with Gasteiger partial charge in [-0.2, -0.15) is 0 Å². The molecule has 0 saturated heterocycles. The van der Waals surface area contributed by atoms with Crippen molar-refractivity contribution in [3.05, 3.63) is 0 Å². The molecule has 0 aromatic heterocycles. The zero-order valence-electron chi connectivity index (χ0n) is 8.53. The molecule has 0 unspecified atom stereocenters. The van der Waals surface area contributed by atoms with Crippen molar-refractivity contribution in [2.45, 2.75) is 44.6 Å². The first-order valence-corrected chi connectivity index (χ1v) is 5.18. The predicted octanol–water partition coefficient (Wildman–Crippen LogP) is 1.26. The molecule has 2 nitrogen and oxygen atoms in total. The van der Waals surface area contributed by atoms with Gasteiger partial charge >= 0.3 is 0 Å². The zero-order valence-corrected chi connectivity index (χ0v) is 8.53. The van der Waals surface area contributed by atoms with Crippen LogP contribution in [0.1, 0.15) is 39.0 Å². The van der Waals surface area contributed by atoms with Crippen LogP contribution in [0.5, 0.6) is 0 Å². The van der Waals surface area contributed by atoms with Gasteiger partial charge in [-0.1, -0.05) is 25.2 Å². The van der Waals surface area contributed by atoms with Crippen LogP contribution < -0.4 is 11.1 Å². The fourth-order valence-electron chi connectivity index (χ4n) is 2.00. The second-order valence-electron chi connectivity index (χ2n) is 3.83. The van der Waals surface area contributed by atoms with E-state index in [-0.39, 0.29) is 5.54 Å². The van der Waals surface area contributed by atoms with E-state index >= 15 is 0 Å². The summed E-state index contributed by atoms with van der Waals surface area (Å²) in [6.07, 6.45) is 6.42. The molecule has 2 heteroatoms. The first kappa shape index (κ1) is 10.6. The number of nitrogens with two attached hydrogens (primary N) is 1. The molecule has 13 heavy (non-hydrogen) atoms. The average molecular weight is 180 g/mol. The third-order valence-electron chi connectivity index (χ3n) is 2.93. The molecule has 1 rings (SSSR count). The van der Waals surface area contributed by atoms with Crippen molar-refractivity contribution in [2.24, 2.45) is 5.73 Å². The number of hydrogen-bond acceptors (Lipinski definition) is 2. The molecule has 1 aliphatic carbocycles. The summed E-state index contributed by atoms with van der Waals surface area (Å²) in [6, 6.07) is 0. The molecule has 0 radical (unpaired) electrons. The fraction of sp³-hybridized carbons (Fsp3) is 0.818. The van der Waals surface area contributed by atoms with Crippen LogP contribution in [0, 0.1) is 11.8 Å². The average Bonchev–Trinajstić information content (AvgIpc) is 2.20. The Hall–Kier alpha value is -0.520. The van der Waals surface area contributed by atoms with Gasteiger partial charge in [0.1, 0.15) is 0 Å². The summed E-state index contributed by atoms with van der Waals surface area (Å²) in [5, 5.41) is 3.49. The van der Waals surface area contributed by atoms with Gasteiger partial charge in [-0.05, 0) is 19.8 Å². The lowest BCUT2D eigenvalue weighted by molar-refractivity contribution is 0.248. The molecule has 0 amide bonds. The van der Waals surface area contributed by atoms with Crippen molar-refractivity contribution in [3.63, 3.8) is 0 Å². The molecule has 0 atom stereocenters. The van der Waals surface area contributed by atoms with E-state index < -0.39 is 0 Å². The van der Waals surface area contributed by atoms with Crippen molar-refractivity contribution in [3.8, 4) is 11.8 Å². The smallest absolute Gasteiger partial charge is 0.0581 e. The molecule has 0 aromatic rings. The Morgan fingerprint density at radius 3 is 2.54 bits per heavy atom.